The quantitative estimate of drug-likeness (QED) is 0.353. The van der Waals surface area contributed by atoms with Crippen molar-refractivity contribution in [3.8, 4) is 11.1 Å². The van der Waals surface area contributed by atoms with E-state index in [1.165, 1.54) is 29.1 Å². The minimum absolute atomic E-state index is 0.0421. The van der Waals surface area contributed by atoms with E-state index in [1.807, 2.05) is 0 Å². The maximum atomic E-state index is 14.8. The first kappa shape index (κ1) is 24.0. The summed E-state index contributed by atoms with van der Waals surface area (Å²) in [6, 6.07) is 3.09. The summed E-state index contributed by atoms with van der Waals surface area (Å²) in [7, 11) is 1.72. The van der Waals surface area contributed by atoms with Crippen LogP contribution in [0.3, 0.4) is 0 Å². The predicted octanol–water partition coefficient (Wildman–Crippen LogP) is 5.21. The number of pyridine rings is 1. The van der Waals surface area contributed by atoms with Crippen molar-refractivity contribution in [2.45, 2.75) is 44.7 Å². The first-order valence-electron chi connectivity index (χ1n) is 11.5. The topological polar surface area (TPSA) is 77.6 Å². The van der Waals surface area contributed by atoms with Crippen molar-refractivity contribution in [2.75, 3.05) is 12.0 Å². The van der Waals surface area contributed by atoms with Gasteiger partial charge in [0.15, 0.2) is 0 Å². The van der Waals surface area contributed by atoms with E-state index in [2.05, 4.69) is 20.4 Å². The van der Waals surface area contributed by atoms with E-state index >= 15 is 0 Å². The molecule has 5 rings (SSSR count). The number of hydrogen-bond donors (Lipinski definition) is 1. The second-order valence-electron chi connectivity index (χ2n) is 9.24. The van der Waals surface area contributed by atoms with E-state index in [4.69, 9.17) is 0 Å². The number of hydrogen-bond acceptors (Lipinski definition) is 5. The Balaban J connectivity index is 1.71. The maximum absolute atomic E-state index is 14.8. The van der Waals surface area contributed by atoms with Gasteiger partial charge in [0, 0.05) is 30.6 Å². The molecular weight excluding hydrogens is 476 g/mol. The third-order valence-corrected chi connectivity index (χ3v) is 6.68. The van der Waals surface area contributed by atoms with Gasteiger partial charge in [-0.05, 0) is 26.7 Å². The zero-order valence-electron chi connectivity index (χ0n) is 19.9. The molecule has 1 atom stereocenters. The van der Waals surface area contributed by atoms with Crippen molar-refractivity contribution in [3.63, 3.8) is 0 Å². The molecule has 0 bridgehead atoms. The average Bonchev–Trinajstić information content (AvgIpc) is 3.51. The van der Waals surface area contributed by atoms with E-state index < -0.39 is 41.6 Å². The molecule has 1 fully saturated rings. The molecule has 3 aromatic heterocycles. The van der Waals surface area contributed by atoms with E-state index in [0.29, 0.717) is 35.1 Å². The number of benzene rings is 1. The molecule has 1 aliphatic carbocycles. The molecule has 188 valence electrons. The molecule has 7 nitrogen and oxygen atoms in total. The summed E-state index contributed by atoms with van der Waals surface area (Å²) in [6.07, 6.45) is 2.82. The predicted molar refractivity (Wildman–Crippen MR) is 127 cm³/mol. The summed E-state index contributed by atoms with van der Waals surface area (Å²) >= 11 is 0. The van der Waals surface area contributed by atoms with Gasteiger partial charge in [-0.15, -0.1) is 0 Å². The summed E-state index contributed by atoms with van der Waals surface area (Å²) in [5, 5.41) is 7.70. The molecule has 1 aromatic carbocycles. The third-order valence-electron chi connectivity index (χ3n) is 6.68. The Kier molecular flexibility index (Phi) is 5.80. The van der Waals surface area contributed by atoms with Gasteiger partial charge in [-0.1, -0.05) is 18.2 Å². The monoisotopic (exact) mass is 500 g/mol. The van der Waals surface area contributed by atoms with E-state index in [9.17, 15) is 22.4 Å². The first-order valence-corrected chi connectivity index (χ1v) is 11.5. The van der Waals surface area contributed by atoms with Crippen LogP contribution in [0.2, 0.25) is 0 Å². The van der Waals surface area contributed by atoms with Crippen LogP contribution in [0.25, 0.3) is 22.0 Å². The Bertz CT molecular complexity index is 1530. The summed E-state index contributed by atoms with van der Waals surface area (Å²) in [5.74, 6) is -0.377. The van der Waals surface area contributed by atoms with Crippen molar-refractivity contribution in [2.24, 2.45) is 7.05 Å². The molecule has 0 spiro atoms. The zero-order chi connectivity index (χ0) is 25.8. The van der Waals surface area contributed by atoms with Gasteiger partial charge < -0.3 is 9.88 Å². The number of fused-ring (bicyclic) bond motifs is 1. The smallest absolute Gasteiger partial charge is 0.266 e. The van der Waals surface area contributed by atoms with Crippen LogP contribution in [0.15, 0.2) is 41.6 Å². The molecule has 0 saturated heterocycles. The highest BCUT2D eigenvalue weighted by molar-refractivity contribution is 5.98. The molecule has 0 unspecified atom stereocenters. The largest absolute Gasteiger partial charge is 0.363 e. The van der Waals surface area contributed by atoms with Crippen molar-refractivity contribution < 1.29 is 17.6 Å². The van der Waals surface area contributed by atoms with Crippen LogP contribution >= 0.6 is 0 Å². The molecular formula is C25H24F4N6O. The second kappa shape index (κ2) is 8.72. The maximum Gasteiger partial charge on any atom is 0.266 e. The minimum atomic E-state index is -2.95. The average molecular weight is 501 g/mol. The van der Waals surface area contributed by atoms with Crippen LogP contribution < -0.4 is 10.9 Å². The van der Waals surface area contributed by atoms with Crippen molar-refractivity contribution in [1.82, 2.24) is 24.3 Å². The second-order valence-corrected chi connectivity index (χ2v) is 9.24. The number of nitrogens with one attached hydrogen (secondary N) is 1. The molecule has 1 saturated carbocycles. The Labute approximate surface area is 203 Å². The summed E-state index contributed by atoms with van der Waals surface area (Å²) in [4.78, 5) is 22.6. The number of nitrogens with zero attached hydrogens (tertiary/aromatic N) is 5. The van der Waals surface area contributed by atoms with Crippen molar-refractivity contribution in [3.05, 3.63) is 69.9 Å². The molecule has 1 aliphatic rings. The van der Waals surface area contributed by atoms with Crippen molar-refractivity contribution in [1.29, 1.82) is 0 Å². The van der Waals surface area contributed by atoms with Crippen LogP contribution in [0.1, 0.15) is 49.2 Å². The van der Waals surface area contributed by atoms with E-state index in [1.54, 1.807) is 31.8 Å². The van der Waals surface area contributed by atoms with Crippen LogP contribution in [-0.4, -0.2) is 31.0 Å². The lowest BCUT2D eigenvalue weighted by Gasteiger charge is -2.21. The van der Waals surface area contributed by atoms with Crippen LogP contribution in [-0.2, 0) is 12.6 Å². The van der Waals surface area contributed by atoms with Gasteiger partial charge in [-0.2, -0.15) is 5.10 Å². The van der Waals surface area contributed by atoms with Gasteiger partial charge in [0.2, 0.25) is 0 Å². The van der Waals surface area contributed by atoms with E-state index in [-0.39, 0.29) is 16.9 Å². The van der Waals surface area contributed by atoms with Gasteiger partial charge in [0.05, 0.1) is 39.8 Å². The standard InChI is InChI=1S/C25H24F4N6O/c1-13(16-5-4-6-17(20(16)27)22(28)29)31-23-18-11-35(25(12-26)7-8-25)24(36)19(15-9-30-34(3)10-15)21(18)32-14(2)33-23/h4-6,9-11,13,22H,7-8,12H2,1-3H3,(H,31,32,33)/t13-/m1/s1. The number of halogens is 4. The molecule has 0 radical (unpaired) electrons. The Morgan fingerprint density at radius 3 is 2.50 bits per heavy atom. The molecule has 11 heteroatoms. The van der Waals surface area contributed by atoms with Crippen LogP contribution in [0.4, 0.5) is 23.4 Å². The fraction of sp³-hybridized carbons (Fsp3) is 0.360. The summed E-state index contributed by atoms with van der Waals surface area (Å²) in [5.41, 5.74) is -0.858. The summed E-state index contributed by atoms with van der Waals surface area (Å²) < 4.78 is 58.3. The Morgan fingerprint density at radius 2 is 1.89 bits per heavy atom. The SMILES string of the molecule is Cc1nc(N[C@H](C)c2cccc(C(F)F)c2F)c2cn(C3(CF)CC3)c(=O)c(-c3cnn(C)c3)c2n1. The normalized spacial score (nSPS) is 15.4. The number of rotatable bonds is 7. The highest BCUT2D eigenvalue weighted by Crippen LogP contribution is 2.44. The molecule has 4 aromatic rings. The number of alkyl halides is 3. The van der Waals surface area contributed by atoms with Gasteiger partial charge in [-0.3, -0.25) is 9.48 Å². The number of aryl methyl sites for hydroxylation is 2. The highest BCUT2D eigenvalue weighted by Gasteiger charge is 2.46. The van der Waals surface area contributed by atoms with Gasteiger partial charge in [0.25, 0.3) is 12.0 Å². The lowest BCUT2D eigenvalue weighted by atomic mass is 10.0. The van der Waals surface area contributed by atoms with Gasteiger partial charge >= 0.3 is 0 Å². The third kappa shape index (κ3) is 3.92. The molecule has 0 aliphatic heterocycles. The van der Waals surface area contributed by atoms with Crippen molar-refractivity contribution >= 4 is 16.7 Å². The lowest BCUT2D eigenvalue weighted by Crippen LogP contribution is -2.33. The number of anilines is 1. The number of aromatic nitrogens is 5. The molecule has 1 N–H and O–H groups in total. The van der Waals surface area contributed by atoms with Gasteiger partial charge in [0.1, 0.15) is 24.1 Å². The fourth-order valence-corrected chi connectivity index (χ4v) is 4.51. The minimum Gasteiger partial charge on any atom is -0.363 e. The van der Waals surface area contributed by atoms with Crippen LogP contribution in [0.5, 0.6) is 0 Å². The zero-order valence-corrected chi connectivity index (χ0v) is 19.9. The Morgan fingerprint density at radius 1 is 1.17 bits per heavy atom. The molecule has 3 heterocycles. The lowest BCUT2D eigenvalue weighted by molar-refractivity contribution is 0.146. The summed E-state index contributed by atoms with van der Waals surface area (Å²) in [6.45, 7) is 2.57. The van der Waals surface area contributed by atoms with Crippen LogP contribution in [0, 0.1) is 12.7 Å². The highest BCUT2D eigenvalue weighted by atomic mass is 19.3. The fourth-order valence-electron chi connectivity index (χ4n) is 4.51. The first-order chi connectivity index (χ1) is 17.1. The van der Waals surface area contributed by atoms with E-state index in [0.717, 1.165) is 6.07 Å². The molecule has 0 amide bonds. The van der Waals surface area contributed by atoms with Gasteiger partial charge in [-0.25, -0.2) is 27.5 Å². The molecule has 36 heavy (non-hydrogen) atoms. The Hall–Kier alpha value is -3.76.